The van der Waals surface area contributed by atoms with Crippen molar-refractivity contribution in [2.45, 2.75) is 52.3 Å². The van der Waals surface area contributed by atoms with Crippen LogP contribution in [0.25, 0.3) is 0 Å². The highest BCUT2D eigenvalue weighted by Gasteiger charge is 2.63. The van der Waals surface area contributed by atoms with Crippen molar-refractivity contribution in [1.29, 1.82) is 0 Å². The minimum absolute atomic E-state index is 0.131. The summed E-state index contributed by atoms with van der Waals surface area (Å²) in [5.41, 5.74) is -3.60. The van der Waals surface area contributed by atoms with E-state index in [0.717, 1.165) is 33.8 Å². The summed E-state index contributed by atoms with van der Waals surface area (Å²) >= 11 is 0. The number of hydrogen-bond donors (Lipinski definition) is 1. The zero-order chi connectivity index (χ0) is 28.4. The fourth-order valence-corrected chi connectivity index (χ4v) is 5.06. The van der Waals surface area contributed by atoms with Crippen LogP contribution < -0.4 is 14.2 Å². The third kappa shape index (κ3) is 3.98. The molecule has 2 aromatic carbocycles. The number of esters is 4. The molecule has 3 aliphatic rings. The van der Waals surface area contributed by atoms with E-state index in [2.05, 4.69) is 0 Å². The second-order valence-electron chi connectivity index (χ2n) is 8.99. The van der Waals surface area contributed by atoms with E-state index < -0.39 is 70.5 Å². The number of carbonyl (C=O) groups is 6. The van der Waals surface area contributed by atoms with Gasteiger partial charge in [-0.15, -0.1) is 0 Å². The first-order valence-electron chi connectivity index (χ1n) is 11.6. The van der Waals surface area contributed by atoms with Crippen LogP contribution in [0, 0.1) is 0 Å². The van der Waals surface area contributed by atoms with Crippen LogP contribution in [0.3, 0.4) is 0 Å². The number of carbonyl (C=O) groups excluding carboxylic acids is 6. The molecule has 202 valence electrons. The summed E-state index contributed by atoms with van der Waals surface area (Å²) in [6, 6.07) is 3.53. The maximum Gasteiger partial charge on any atom is 0.308 e. The standard InChI is InChI=1S/C26H20O13/c1-9(27)34-14-5-6-15(35-10(2)28)20-19(14)22(31)13-7-16-21(24(33)18(13)23(20)32)26(39-12(4)30)8-17(36-11(3)29)38-25(26)37-16/h5-7,17,25,33H,8H2,1-4H3. The molecule has 1 N–H and O–H groups in total. The van der Waals surface area contributed by atoms with Crippen molar-refractivity contribution in [1.82, 2.24) is 0 Å². The third-order valence-electron chi connectivity index (χ3n) is 6.23. The van der Waals surface area contributed by atoms with Gasteiger partial charge in [0.25, 0.3) is 0 Å². The number of ether oxygens (including phenoxy) is 6. The van der Waals surface area contributed by atoms with E-state index in [1.165, 1.54) is 12.1 Å². The number of benzene rings is 2. The van der Waals surface area contributed by atoms with Crippen molar-refractivity contribution in [3.8, 4) is 23.0 Å². The van der Waals surface area contributed by atoms with Crippen LogP contribution in [0.5, 0.6) is 23.0 Å². The Kier molecular flexibility index (Phi) is 5.91. The van der Waals surface area contributed by atoms with E-state index >= 15 is 0 Å². The number of phenolic OH excluding ortho intramolecular Hbond substituents is 1. The molecule has 2 aromatic rings. The van der Waals surface area contributed by atoms with E-state index in [1.807, 2.05) is 0 Å². The Balaban J connectivity index is 1.72. The number of ketones is 2. The summed E-state index contributed by atoms with van der Waals surface area (Å²) in [6.45, 7) is 4.43. The van der Waals surface area contributed by atoms with Crippen molar-refractivity contribution in [3.63, 3.8) is 0 Å². The lowest BCUT2D eigenvalue weighted by atomic mass is 9.79. The highest BCUT2D eigenvalue weighted by Crippen LogP contribution is 2.58. The number of rotatable bonds is 4. The molecule has 1 fully saturated rings. The van der Waals surface area contributed by atoms with Crippen LogP contribution in [0.4, 0.5) is 0 Å². The van der Waals surface area contributed by atoms with Gasteiger partial charge in [0.2, 0.25) is 24.0 Å². The van der Waals surface area contributed by atoms with Gasteiger partial charge in [0.05, 0.1) is 28.7 Å². The maximum absolute atomic E-state index is 13.8. The molecule has 5 rings (SSSR count). The Morgan fingerprint density at radius 1 is 0.872 bits per heavy atom. The van der Waals surface area contributed by atoms with Crippen LogP contribution in [-0.2, 0) is 39.0 Å². The van der Waals surface area contributed by atoms with Crippen LogP contribution in [0.1, 0.15) is 71.5 Å². The van der Waals surface area contributed by atoms with Gasteiger partial charge in [-0.1, -0.05) is 0 Å². The van der Waals surface area contributed by atoms with E-state index in [9.17, 15) is 33.9 Å². The Labute approximate surface area is 219 Å². The molecule has 3 atom stereocenters. The first-order chi connectivity index (χ1) is 18.3. The van der Waals surface area contributed by atoms with Crippen LogP contribution >= 0.6 is 0 Å². The lowest BCUT2D eigenvalue weighted by Gasteiger charge is -2.27. The van der Waals surface area contributed by atoms with Crippen LogP contribution in [-0.4, -0.2) is 53.1 Å². The fourth-order valence-electron chi connectivity index (χ4n) is 5.06. The fraction of sp³-hybridized carbons (Fsp3) is 0.308. The van der Waals surface area contributed by atoms with Crippen LogP contribution in [0.15, 0.2) is 18.2 Å². The summed E-state index contributed by atoms with van der Waals surface area (Å²) in [7, 11) is 0. The molecular formula is C26H20O13. The smallest absolute Gasteiger partial charge is 0.308 e. The number of aromatic hydroxyl groups is 1. The first kappa shape index (κ1) is 25.9. The van der Waals surface area contributed by atoms with Gasteiger partial charge in [0.15, 0.2) is 5.78 Å². The molecule has 39 heavy (non-hydrogen) atoms. The minimum atomic E-state index is -1.83. The van der Waals surface area contributed by atoms with Gasteiger partial charge in [0, 0.05) is 33.3 Å². The van der Waals surface area contributed by atoms with Gasteiger partial charge in [-0.2, -0.15) is 0 Å². The largest absolute Gasteiger partial charge is 0.507 e. The Bertz CT molecular complexity index is 1520. The van der Waals surface area contributed by atoms with Gasteiger partial charge in [-0.05, 0) is 18.2 Å². The number of fused-ring (bicyclic) bond motifs is 5. The van der Waals surface area contributed by atoms with Gasteiger partial charge in [-0.25, -0.2) is 0 Å². The number of hydrogen-bond acceptors (Lipinski definition) is 13. The van der Waals surface area contributed by atoms with Gasteiger partial charge >= 0.3 is 23.9 Å². The van der Waals surface area contributed by atoms with E-state index in [0.29, 0.717) is 0 Å². The molecule has 2 aliphatic heterocycles. The molecule has 1 aliphatic carbocycles. The van der Waals surface area contributed by atoms with E-state index in [4.69, 9.17) is 28.4 Å². The molecule has 1 saturated heterocycles. The molecule has 0 radical (unpaired) electrons. The molecular weight excluding hydrogens is 520 g/mol. The van der Waals surface area contributed by atoms with Gasteiger partial charge < -0.3 is 28.8 Å². The molecule has 13 heteroatoms. The number of phenols is 1. The van der Waals surface area contributed by atoms with Gasteiger partial charge in [0.1, 0.15) is 23.0 Å². The summed E-state index contributed by atoms with van der Waals surface area (Å²) in [6.07, 6.45) is -2.89. The van der Waals surface area contributed by atoms with E-state index in [1.54, 1.807) is 0 Å². The Morgan fingerprint density at radius 3 is 2.00 bits per heavy atom. The van der Waals surface area contributed by atoms with E-state index in [-0.39, 0.29) is 40.4 Å². The molecule has 13 nitrogen and oxygen atoms in total. The molecule has 0 aromatic heterocycles. The highest BCUT2D eigenvalue weighted by molar-refractivity contribution is 6.31. The molecule has 0 spiro atoms. The molecule has 2 heterocycles. The highest BCUT2D eigenvalue weighted by atomic mass is 16.8. The summed E-state index contributed by atoms with van der Waals surface area (Å²) < 4.78 is 32.3. The van der Waals surface area contributed by atoms with Crippen LogP contribution in [0.2, 0.25) is 0 Å². The third-order valence-corrected chi connectivity index (χ3v) is 6.23. The van der Waals surface area contributed by atoms with Gasteiger partial charge in [-0.3, -0.25) is 33.5 Å². The van der Waals surface area contributed by atoms with Crippen molar-refractivity contribution < 1.29 is 62.3 Å². The second kappa shape index (κ2) is 8.91. The predicted molar refractivity (Wildman–Crippen MR) is 123 cm³/mol. The molecule has 3 unspecified atom stereocenters. The Morgan fingerprint density at radius 2 is 1.46 bits per heavy atom. The SMILES string of the molecule is CC(=O)Oc1ccc(OC(C)=O)c2c1C(=O)c1cc3c(c(O)c1C2=O)C1(OC(C)=O)CC(OC(C)=O)OC1O3. The first-order valence-corrected chi connectivity index (χ1v) is 11.6. The average Bonchev–Trinajstić information content (AvgIpc) is 3.26. The van der Waals surface area contributed by atoms with Crippen molar-refractivity contribution >= 4 is 35.4 Å². The predicted octanol–water partition coefficient (Wildman–Crippen LogP) is 1.80. The summed E-state index contributed by atoms with van der Waals surface area (Å²) in [5, 5.41) is 11.4. The normalized spacial score (nSPS) is 22.1. The van der Waals surface area contributed by atoms with Crippen molar-refractivity contribution in [2.24, 2.45) is 0 Å². The second-order valence-corrected chi connectivity index (χ2v) is 8.99. The lowest BCUT2D eigenvalue weighted by Crippen LogP contribution is -2.38. The summed E-state index contributed by atoms with van der Waals surface area (Å²) in [5.74, 6) is -6.30. The minimum Gasteiger partial charge on any atom is -0.507 e. The Hall–Kier alpha value is -4.78. The zero-order valence-electron chi connectivity index (χ0n) is 20.9. The molecule has 0 saturated carbocycles. The zero-order valence-corrected chi connectivity index (χ0v) is 20.9. The van der Waals surface area contributed by atoms with Crippen molar-refractivity contribution in [3.05, 3.63) is 46.0 Å². The molecule has 0 bridgehead atoms. The lowest BCUT2D eigenvalue weighted by molar-refractivity contribution is -0.204. The average molecular weight is 540 g/mol. The maximum atomic E-state index is 13.8. The quantitative estimate of drug-likeness (QED) is 0.374. The van der Waals surface area contributed by atoms with Crippen molar-refractivity contribution in [2.75, 3.05) is 0 Å². The topological polar surface area (TPSA) is 178 Å². The monoisotopic (exact) mass is 540 g/mol. The molecule has 0 amide bonds. The summed E-state index contributed by atoms with van der Waals surface area (Å²) in [4.78, 5) is 74.5.